The molecule has 1 aliphatic heterocycles. The zero-order valence-electron chi connectivity index (χ0n) is 10.4. The molecule has 3 heteroatoms. The van der Waals surface area contributed by atoms with Crippen LogP contribution in [0.15, 0.2) is 24.3 Å². The molecule has 1 saturated carbocycles. The van der Waals surface area contributed by atoms with Gasteiger partial charge in [0.2, 0.25) is 0 Å². The maximum atomic E-state index is 5.16. The van der Waals surface area contributed by atoms with E-state index >= 15 is 0 Å². The normalized spacial score (nSPS) is 24.9. The first-order chi connectivity index (χ1) is 8.35. The highest BCUT2D eigenvalue weighted by Gasteiger charge is 2.34. The van der Waals surface area contributed by atoms with Crippen LogP contribution in [-0.2, 0) is 0 Å². The summed E-state index contributed by atoms with van der Waals surface area (Å²) < 4.78 is 5.16. The molecular weight excluding hydrogens is 212 g/mol. The molecule has 1 saturated heterocycles. The van der Waals surface area contributed by atoms with E-state index < -0.39 is 0 Å². The van der Waals surface area contributed by atoms with Gasteiger partial charge in [-0.3, -0.25) is 4.90 Å². The summed E-state index contributed by atoms with van der Waals surface area (Å²) >= 11 is 0. The van der Waals surface area contributed by atoms with Gasteiger partial charge in [-0.05, 0) is 43.5 Å². The predicted octanol–water partition coefficient (Wildman–Crippen LogP) is 2.34. The standard InChI is InChI=1S/C14H20N2O/c1-17-14-6-2-11(3-7-14)15-12-8-9-16(10-12)13-4-5-13/h2-3,6-7,12-13,15H,4-5,8-10H2,1H3. The van der Waals surface area contributed by atoms with Gasteiger partial charge in [0.05, 0.1) is 7.11 Å². The molecule has 17 heavy (non-hydrogen) atoms. The second kappa shape index (κ2) is 4.57. The van der Waals surface area contributed by atoms with E-state index in [-0.39, 0.29) is 0 Å². The van der Waals surface area contributed by atoms with Crippen molar-refractivity contribution in [1.82, 2.24) is 4.90 Å². The fraction of sp³-hybridized carbons (Fsp3) is 0.571. The molecule has 1 aromatic rings. The van der Waals surface area contributed by atoms with Crippen LogP contribution >= 0.6 is 0 Å². The number of rotatable bonds is 4. The molecule has 0 aromatic heterocycles. The molecule has 3 nitrogen and oxygen atoms in total. The van der Waals surface area contributed by atoms with Gasteiger partial charge in [0.25, 0.3) is 0 Å². The molecule has 0 spiro atoms. The highest BCUT2D eigenvalue weighted by molar-refractivity contribution is 5.47. The Morgan fingerprint density at radius 3 is 2.59 bits per heavy atom. The van der Waals surface area contributed by atoms with Gasteiger partial charge in [0.15, 0.2) is 0 Å². The van der Waals surface area contributed by atoms with Crippen LogP contribution < -0.4 is 10.1 Å². The van der Waals surface area contributed by atoms with Crippen LogP contribution in [0.5, 0.6) is 5.75 Å². The van der Waals surface area contributed by atoms with Gasteiger partial charge in [-0.25, -0.2) is 0 Å². The number of hydrogen-bond donors (Lipinski definition) is 1. The summed E-state index contributed by atoms with van der Waals surface area (Å²) in [5.41, 5.74) is 1.20. The van der Waals surface area contributed by atoms with E-state index in [9.17, 15) is 0 Å². The minimum atomic E-state index is 0.615. The first-order valence-corrected chi connectivity index (χ1v) is 6.50. The molecular formula is C14H20N2O. The lowest BCUT2D eigenvalue weighted by Crippen LogP contribution is -2.27. The Morgan fingerprint density at radius 2 is 1.94 bits per heavy atom. The Labute approximate surface area is 103 Å². The van der Waals surface area contributed by atoms with Crippen LogP contribution in [0.2, 0.25) is 0 Å². The minimum Gasteiger partial charge on any atom is -0.497 e. The zero-order valence-corrected chi connectivity index (χ0v) is 10.4. The summed E-state index contributed by atoms with van der Waals surface area (Å²) in [6.45, 7) is 2.47. The Balaban J connectivity index is 1.55. The quantitative estimate of drug-likeness (QED) is 0.862. The first-order valence-electron chi connectivity index (χ1n) is 6.50. The van der Waals surface area contributed by atoms with Gasteiger partial charge >= 0.3 is 0 Å². The van der Waals surface area contributed by atoms with Crippen LogP contribution in [0.25, 0.3) is 0 Å². The van der Waals surface area contributed by atoms with Crippen LogP contribution in [0.1, 0.15) is 19.3 Å². The summed E-state index contributed by atoms with van der Waals surface area (Å²) in [4.78, 5) is 2.63. The average Bonchev–Trinajstić information content (AvgIpc) is 3.12. The van der Waals surface area contributed by atoms with Gasteiger partial charge in [-0.2, -0.15) is 0 Å². The molecule has 2 fully saturated rings. The first kappa shape index (κ1) is 10.9. The maximum absolute atomic E-state index is 5.16. The van der Waals surface area contributed by atoms with E-state index in [2.05, 4.69) is 22.3 Å². The summed E-state index contributed by atoms with van der Waals surface area (Å²) in [5, 5.41) is 3.61. The van der Waals surface area contributed by atoms with Crippen molar-refractivity contribution < 1.29 is 4.74 Å². The maximum Gasteiger partial charge on any atom is 0.119 e. The molecule has 0 amide bonds. The number of nitrogens with zero attached hydrogens (tertiary/aromatic N) is 1. The lowest BCUT2D eigenvalue weighted by Gasteiger charge is -2.16. The van der Waals surface area contributed by atoms with Crippen molar-refractivity contribution >= 4 is 5.69 Å². The van der Waals surface area contributed by atoms with E-state index in [0.29, 0.717) is 6.04 Å². The van der Waals surface area contributed by atoms with Crippen LogP contribution in [0.4, 0.5) is 5.69 Å². The number of methoxy groups -OCH3 is 1. The Kier molecular flexibility index (Phi) is 2.93. The third-order valence-corrected chi connectivity index (χ3v) is 3.74. The van der Waals surface area contributed by atoms with Crippen molar-refractivity contribution in [3.8, 4) is 5.75 Å². The van der Waals surface area contributed by atoms with Crippen LogP contribution in [0.3, 0.4) is 0 Å². The van der Waals surface area contributed by atoms with Crippen LogP contribution in [-0.4, -0.2) is 37.2 Å². The smallest absolute Gasteiger partial charge is 0.119 e. The van der Waals surface area contributed by atoms with Gasteiger partial charge < -0.3 is 10.1 Å². The number of nitrogens with one attached hydrogen (secondary N) is 1. The fourth-order valence-electron chi connectivity index (χ4n) is 2.60. The van der Waals surface area contributed by atoms with Crippen molar-refractivity contribution in [2.24, 2.45) is 0 Å². The lowest BCUT2D eigenvalue weighted by atomic mass is 10.2. The molecule has 1 unspecified atom stereocenters. The van der Waals surface area contributed by atoms with E-state index in [4.69, 9.17) is 4.74 Å². The minimum absolute atomic E-state index is 0.615. The molecule has 1 heterocycles. The predicted molar refractivity (Wildman–Crippen MR) is 69.6 cm³/mol. The Bertz CT molecular complexity index is 372. The summed E-state index contributed by atoms with van der Waals surface area (Å²) in [7, 11) is 1.70. The fourth-order valence-corrected chi connectivity index (χ4v) is 2.60. The van der Waals surface area contributed by atoms with Crippen molar-refractivity contribution in [2.45, 2.75) is 31.3 Å². The van der Waals surface area contributed by atoms with Gasteiger partial charge in [0.1, 0.15) is 5.75 Å². The molecule has 1 N–H and O–H groups in total. The van der Waals surface area contributed by atoms with Gasteiger partial charge in [0, 0.05) is 30.9 Å². The van der Waals surface area contributed by atoms with E-state index in [1.807, 2.05) is 12.1 Å². The molecule has 2 aliphatic rings. The number of likely N-dealkylation sites (tertiary alicyclic amines) is 1. The highest BCUT2D eigenvalue weighted by Crippen LogP contribution is 2.30. The number of benzene rings is 1. The molecule has 1 aromatic carbocycles. The van der Waals surface area contributed by atoms with Crippen molar-refractivity contribution in [1.29, 1.82) is 0 Å². The molecule has 0 radical (unpaired) electrons. The SMILES string of the molecule is COc1ccc(NC2CCN(C3CC3)C2)cc1. The summed E-state index contributed by atoms with van der Waals surface area (Å²) in [6, 6.07) is 9.73. The number of hydrogen-bond acceptors (Lipinski definition) is 3. The third-order valence-electron chi connectivity index (χ3n) is 3.74. The Hall–Kier alpha value is -1.22. The lowest BCUT2D eigenvalue weighted by molar-refractivity contribution is 0.326. The molecule has 1 atom stereocenters. The zero-order chi connectivity index (χ0) is 11.7. The monoisotopic (exact) mass is 232 g/mol. The largest absolute Gasteiger partial charge is 0.497 e. The van der Waals surface area contributed by atoms with E-state index in [1.54, 1.807) is 7.11 Å². The second-order valence-electron chi connectivity index (χ2n) is 5.08. The highest BCUT2D eigenvalue weighted by atomic mass is 16.5. The molecule has 0 bridgehead atoms. The summed E-state index contributed by atoms with van der Waals surface area (Å²) in [6.07, 6.45) is 4.09. The molecule has 92 valence electrons. The van der Waals surface area contributed by atoms with Crippen molar-refractivity contribution in [3.05, 3.63) is 24.3 Å². The topological polar surface area (TPSA) is 24.5 Å². The van der Waals surface area contributed by atoms with Crippen molar-refractivity contribution in [3.63, 3.8) is 0 Å². The van der Waals surface area contributed by atoms with Crippen LogP contribution in [0, 0.1) is 0 Å². The summed E-state index contributed by atoms with van der Waals surface area (Å²) in [5.74, 6) is 0.918. The second-order valence-corrected chi connectivity index (χ2v) is 5.08. The molecule has 3 rings (SSSR count). The number of anilines is 1. The Morgan fingerprint density at radius 1 is 1.18 bits per heavy atom. The van der Waals surface area contributed by atoms with E-state index in [1.165, 1.54) is 38.0 Å². The van der Waals surface area contributed by atoms with E-state index in [0.717, 1.165) is 11.8 Å². The molecule has 1 aliphatic carbocycles. The van der Waals surface area contributed by atoms with Gasteiger partial charge in [-0.1, -0.05) is 0 Å². The third kappa shape index (κ3) is 2.55. The average molecular weight is 232 g/mol. The van der Waals surface area contributed by atoms with Gasteiger partial charge in [-0.15, -0.1) is 0 Å². The van der Waals surface area contributed by atoms with Crippen molar-refractivity contribution in [2.75, 3.05) is 25.5 Å². The number of ether oxygens (including phenoxy) is 1.